The molecule has 6 rings (SSSR count). The van der Waals surface area contributed by atoms with Crippen molar-refractivity contribution in [2.24, 2.45) is 0 Å². The second-order valence-corrected chi connectivity index (χ2v) is 10.3. The Morgan fingerprint density at radius 3 is 1.92 bits per heavy atom. The van der Waals surface area contributed by atoms with Crippen LogP contribution in [-0.4, -0.2) is 47.3 Å². The average Bonchev–Trinajstić information content (AvgIpc) is 3.29. The molecular weight excluding hydrogens is 466 g/mol. The predicted octanol–water partition coefficient (Wildman–Crippen LogP) is 6.74. The van der Waals surface area contributed by atoms with Gasteiger partial charge in [-0.15, -0.1) is 0 Å². The molecule has 2 heterocycles. The molecule has 1 aliphatic heterocycles. The minimum atomic E-state index is 0.345. The quantitative estimate of drug-likeness (QED) is 0.256. The standard InChI is InChI=1S/C34H35N3O/c38-34-33-24-31(17-16-30(33)26-37(34)25-27-10-4-1-5-11-27)36-22-20-35(21-23-36)19-18-32(28-12-6-2-7-13-28)29-14-8-3-9-15-29/h1-17,24,26,32,38H,18-23,25H2. The van der Waals surface area contributed by atoms with E-state index in [2.05, 4.69) is 107 Å². The zero-order valence-corrected chi connectivity index (χ0v) is 21.8. The van der Waals surface area contributed by atoms with Crippen molar-refractivity contribution in [3.8, 4) is 5.88 Å². The molecule has 192 valence electrons. The van der Waals surface area contributed by atoms with Crippen LogP contribution in [-0.2, 0) is 6.54 Å². The maximum atomic E-state index is 11.0. The third-order valence-electron chi connectivity index (χ3n) is 7.92. The van der Waals surface area contributed by atoms with Gasteiger partial charge in [0.2, 0.25) is 0 Å². The van der Waals surface area contributed by atoms with Crippen LogP contribution < -0.4 is 4.90 Å². The SMILES string of the molecule is Oc1c2cc(N3CCN(CCC(c4ccccc4)c4ccccc4)CC3)ccc2cn1Cc1ccccc1. The highest BCUT2D eigenvalue weighted by atomic mass is 16.3. The Morgan fingerprint density at radius 2 is 1.29 bits per heavy atom. The predicted molar refractivity (Wildman–Crippen MR) is 157 cm³/mol. The fourth-order valence-electron chi connectivity index (χ4n) is 5.77. The summed E-state index contributed by atoms with van der Waals surface area (Å²) in [7, 11) is 0. The van der Waals surface area contributed by atoms with Crippen molar-refractivity contribution >= 4 is 16.5 Å². The molecule has 4 nitrogen and oxygen atoms in total. The lowest BCUT2D eigenvalue weighted by Gasteiger charge is -2.36. The molecule has 0 unspecified atom stereocenters. The summed E-state index contributed by atoms with van der Waals surface area (Å²) in [5.41, 5.74) is 5.16. The van der Waals surface area contributed by atoms with Crippen LogP contribution in [0.2, 0.25) is 0 Å². The second kappa shape index (κ2) is 11.2. The summed E-state index contributed by atoms with van der Waals surface area (Å²) >= 11 is 0. The minimum absolute atomic E-state index is 0.345. The van der Waals surface area contributed by atoms with Crippen LogP contribution in [0.3, 0.4) is 0 Å². The van der Waals surface area contributed by atoms with Crippen LogP contribution in [0.4, 0.5) is 5.69 Å². The average molecular weight is 502 g/mol. The fraction of sp³-hybridized carbons (Fsp3) is 0.235. The molecule has 38 heavy (non-hydrogen) atoms. The monoisotopic (exact) mass is 501 g/mol. The van der Waals surface area contributed by atoms with Crippen molar-refractivity contribution < 1.29 is 5.11 Å². The Kier molecular flexibility index (Phi) is 7.14. The summed E-state index contributed by atoms with van der Waals surface area (Å²) in [6.45, 7) is 5.86. The van der Waals surface area contributed by atoms with Gasteiger partial charge in [-0.3, -0.25) is 4.90 Å². The summed E-state index contributed by atoms with van der Waals surface area (Å²) in [6.07, 6.45) is 3.16. The van der Waals surface area contributed by atoms with Gasteiger partial charge < -0.3 is 14.6 Å². The van der Waals surface area contributed by atoms with Crippen molar-refractivity contribution in [1.29, 1.82) is 0 Å². The Balaban J connectivity index is 1.10. The van der Waals surface area contributed by atoms with Gasteiger partial charge in [0, 0.05) is 54.8 Å². The number of aromatic nitrogens is 1. The molecular formula is C34H35N3O. The number of rotatable bonds is 8. The first kappa shape index (κ1) is 24.3. The summed E-state index contributed by atoms with van der Waals surface area (Å²) in [5, 5.41) is 13.0. The third kappa shape index (κ3) is 5.32. The van der Waals surface area contributed by atoms with E-state index in [4.69, 9.17) is 0 Å². The van der Waals surface area contributed by atoms with Crippen LogP contribution >= 0.6 is 0 Å². The van der Waals surface area contributed by atoms with Crippen molar-refractivity contribution in [3.63, 3.8) is 0 Å². The molecule has 1 aliphatic rings. The fourth-order valence-corrected chi connectivity index (χ4v) is 5.77. The Bertz CT molecular complexity index is 1420. The first-order valence-electron chi connectivity index (χ1n) is 13.7. The zero-order chi connectivity index (χ0) is 25.7. The topological polar surface area (TPSA) is 31.6 Å². The van der Waals surface area contributed by atoms with E-state index in [1.54, 1.807) is 0 Å². The summed E-state index contributed by atoms with van der Waals surface area (Å²) in [6, 6.07) is 38.6. The number of aromatic hydroxyl groups is 1. The second-order valence-electron chi connectivity index (χ2n) is 10.3. The maximum absolute atomic E-state index is 11.0. The van der Waals surface area contributed by atoms with Crippen molar-refractivity contribution in [3.05, 3.63) is 132 Å². The number of hydrogen-bond acceptors (Lipinski definition) is 3. The van der Waals surface area contributed by atoms with E-state index in [0.717, 1.165) is 49.9 Å². The highest BCUT2D eigenvalue weighted by molar-refractivity contribution is 5.90. The van der Waals surface area contributed by atoms with Gasteiger partial charge in [-0.1, -0.05) is 97.1 Å². The van der Waals surface area contributed by atoms with Crippen LogP contribution in [0, 0.1) is 0 Å². The number of hydrogen-bond donors (Lipinski definition) is 1. The van der Waals surface area contributed by atoms with Crippen LogP contribution in [0.15, 0.2) is 115 Å². The molecule has 0 radical (unpaired) electrons. The molecule has 0 bridgehead atoms. The molecule has 1 aromatic heterocycles. The first-order valence-corrected chi connectivity index (χ1v) is 13.7. The molecule has 1 saturated heterocycles. The molecule has 0 saturated carbocycles. The van der Waals surface area contributed by atoms with Crippen molar-refractivity contribution in [2.75, 3.05) is 37.6 Å². The summed E-state index contributed by atoms with van der Waals surface area (Å²) in [5.74, 6) is 0.762. The summed E-state index contributed by atoms with van der Waals surface area (Å²) < 4.78 is 1.94. The maximum Gasteiger partial charge on any atom is 0.199 e. The molecule has 0 atom stereocenters. The highest BCUT2D eigenvalue weighted by Crippen LogP contribution is 2.32. The van der Waals surface area contributed by atoms with Crippen molar-refractivity contribution in [1.82, 2.24) is 9.47 Å². The smallest absolute Gasteiger partial charge is 0.199 e. The highest BCUT2D eigenvalue weighted by Gasteiger charge is 2.21. The van der Waals surface area contributed by atoms with Gasteiger partial charge in [0.05, 0.1) is 6.54 Å². The van der Waals surface area contributed by atoms with E-state index < -0.39 is 0 Å². The molecule has 0 aliphatic carbocycles. The van der Waals surface area contributed by atoms with Gasteiger partial charge in [0.25, 0.3) is 0 Å². The van der Waals surface area contributed by atoms with E-state index in [-0.39, 0.29) is 0 Å². The van der Waals surface area contributed by atoms with Gasteiger partial charge in [-0.25, -0.2) is 0 Å². The van der Waals surface area contributed by atoms with Crippen LogP contribution in [0.1, 0.15) is 29.0 Å². The molecule has 1 fully saturated rings. The van der Waals surface area contributed by atoms with Gasteiger partial charge in [0.15, 0.2) is 5.88 Å². The molecule has 1 N–H and O–H groups in total. The lowest BCUT2D eigenvalue weighted by Crippen LogP contribution is -2.46. The van der Waals surface area contributed by atoms with Gasteiger partial charge in [-0.05, 0) is 41.8 Å². The molecule has 4 aromatic carbocycles. The third-order valence-corrected chi connectivity index (χ3v) is 7.92. The Morgan fingerprint density at radius 1 is 0.684 bits per heavy atom. The van der Waals surface area contributed by atoms with E-state index in [9.17, 15) is 5.11 Å². The zero-order valence-electron chi connectivity index (χ0n) is 21.8. The Hall–Kier alpha value is -4.02. The largest absolute Gasteiger partial charge is 0.494 e. The number of fused-ring (bicyclic) bond motifs is 1. The van der Waals surface area contributed by atoms with Gasteiger partial charge in [0.1, 0.15) is 0 Å². The molecule has 0 amide bonds. The van der Waals surface area contributed by atoms with Crippen LogP contribution in [0.25, 0.3) is 10.8 Å². The number of benzene rings is 4. The van der Waals surface area contributed by atoms with E-state index in [0.29, 0.717) is 18.3 Å². The van der Waals surface area contributed by atoms with Crippen molar-refractivity contribution in [2.45, 2.75) is 18.9 Å². The van der Waals surface area contributed by atoms with Gasteiger partial charge >= 0.3 is 0 Å². The number of anilines is 1. The Labute approximate surface area is 225 Å². The normalized spacial score (nSPS) is 14.4. The van der Waals surface area contributed by atoms with Gasteiger partial charge in [-0.2, -0.15) is 0 Å². The number of piperazine rings is 1. The van der Waals surface area contributed by atoms with Crippen LogP contribution in [0.5, 0.6) is 5.88 Å². The molecule has 5 aromatic rings. The first-order chi connectivity index (χ1) is 18.7. The van der Waals surface area contributed by atoms with E-state index >= 15 is 0 Å². The lowest BCUT2D eigenvalue weighted by atomic mass is 9.88. The van der Waals surface area contributed by atoms with E-state index in [1.165, 1.54) is 22.4 Å². The minimum Gasteiger partial charge on any atom is -0.494 e. The lowest BCUT2D eigenvalue weighted by molar-refractivity contribution is 0.251. The number of nitrogens with zero attached hydrogens (tertiary/aromatic N) is 3. The summed E-state index contributed by atoms with van der Waals surface area (Å²) in [4.78, 5) is 5.05. The molecule has 4 heteroatoms. The molecule has 0 spiro atoms. The van der Waals surface area contributed by atoms with E-state index in [1.807, 2.05) is 22.8 Å².